The van der Waals surface area contributed by atoms with Crippen molar-refractivity contribution in [3.05, 3.63) is 59.2 Å². The Morgan fingerprint density at radius 2 is 1.74 bits per heavy atom. The van der Waals surface area contributed by atoms with Crippen molar-refractivity contribution in [3.8, 4) is 0 Å². The lowest BCUT2D eigenvalue weighted by Crippen LogP contribution is -2.51. The molecule has 0 atom stereocenters. The normalized spacial score (nSPS) is 14.4. The van der Waals surface area contributed by atoms with E-state index in [1.165, 1.54) is 11.5 Å². The summed E-state index contributed by atoms with van der Waals surface area (Å²) in [5.74, 6) is -0.0812. The van der Waals surface area contributed by atoms with E-state index in [0.717, 1.165) is 10.1 Å². The van der Waals surface area contributed by atoms with Crippen molar-refractivity contribution in [2.45, 2.75) is 0 Å². The molecule has 2 heterocycles. The summed E-state index contributed by atoms with van der Waals surface area (Å²) in [5.41, 5.74) is 1.15. The van der Waals surface area contributed by atoms with Crippen LogP contribution in [0.15, 0.2) is 48.5 Å². The van der Waals surface area contributed by atoms with Crippen LogP contribution >= 0.6 is 23.1 Å². The number of carbonyl (C=O) groups excluding carboxylic acids is 2. The Labute approximate surface area is 165 Å². The van der Waals surface area contributed by atoms with E-state index in [1.54, 1.807) is 34.1 Å². The smallest absolute Gasteiger partial charge is 0.321 e. The second kappa shape index (κ2) is 7.54. The third kappa shape index (κ3) is 3.74. The summed E-state index contributed by atoms with van der Waals surface area (Å²) in [6.07, 6.45) is 0. The maximum absolute atomic E-state index is 12.8. The Morgan fingerprint density at radius 1 is 1.00 bits per heavy atom. The van der Waals surface area contributed by atoms with Crippen LogP contribution in [0.1, 0.15) is 10.5 Å². The quantitative estimate of drug-likeness (QED) is 0.708. The molecule has 6 nitrogen and oxygen atoms in total. The maximum Gasteiger partial charge on any atom is 0.321 e. The van der Waals surface area contributed by atoms with Crippen LogP contribution in [0.2, 0.25) is 5.02 Å². The predicted octanol–water partition coefficient (Wildman–Crippen LogP) is 3.94. The molecule has 1 aromatic heterocycles. The predicted molar refractivity (Wildman–Crippen MR) is 108 cm³/mol. The zero-order valence-corrected chi connectivity index (χ0v) is 16.0. The van der Waals surface area contributed by atoms with Crippen molar-refractivity contribution < 1.29 is 9.59 Å². The number of piperazine rings is 1. The first-order valence-corrected chi connectivity index (χ1v) is 9.72. The van der Waals surface area contributed by atoms with Gasteiger partial charge in [0.1, 0.15) is 5.69 Å². The van der Waals surface area contributed by atoms with Gasteiger partial charge in [0.25, 0.3) is 5.91 Å². The fourth-order valence-electron chi connectivity index (χ4n) is 3.07. The molecule has 0 aliphatic carbocycles. The van der Waals surface area contributed by atoms with E-state index in [-0.39, 0.29) is 11.9 Å². The molecule has 138 valence electrons. The number of amides is 3. The number of aromatic nitrogens is 1. The van der Waals surface area contributed by atoms with Gasteiger partial charge in [-0.15, -0.1) is 0 Å². The Bertz CT molecular complexity index is 998. The van der Waals surface area contributed by atoms with E-state index in [0.29, 0.717) is 42.6 Å². The van der Waals surface area contributed by atoms with Gasteiger partial charge in [-0.3, -0.25) is 4.79 Å². The average Bonchev–Trinajstić information content (AvgIpc) is 3.12. The topological polar surface area (TPSA) is 65.5 Å². The molecular weight excluding hydrogens is 384 g/mol. The summed E-state index contributed by atoms with van der Waals surface area (Å²) in [6, 6.07) is 14.6. The summed E-state index contributed by atoms with van der Waals surface area (Å²) >= 11 is 7.28. The fourth-order valence-corrected chi connectivity index (χ4v) is 4.03. The molecule has 0 unspecified atom stereocenters. The van der Waals surface area contributed by atoms with Crippen molar-refractivity contribution >= 4 is 50.8 Å². The first kappa shape index (κ1) is 17.8. The first-order chi connectivity index (χ1) is 13.1. The molecule has 1 fully saturated rings. The lowest BCUT2D eigenvalue weighted by molar-refractivity contribution is 0.0669. The first-order valence-electron chi connectivity index (χ1n) is 8.57. The number of anilines is 1. The maximum atomic E-state index is 12.8. The van der Waals surface area contributed by atoms with Gasteiger partial charge in [0.15, 0.2) is 0 Å². The van der Waals surface area contributed by atoms with Gasteiger partial charge in [-0.25, -0.2) is 4.79 Å². The van der Waals surface area contributed by atoms with Gasteiger partial charge in [-0.05, 0) is 35.8 Å². The van der Waals surface area contributed by atoms with Gasteiger partial charge in [0.2, 0.25) is 0 Å². The molecule has 27 heavy (non-hydrogen) atoms. The SMILES string of the molecule is O=C(Nc1cccc(Cl)c1)N1CCN(C(=O)c2nsc3ccccc23)CC1. The lowest BCUT2D eigenvalue weighted by Gasteiger charge is -2.34. The molecule has 0 radical (unpaired) electrons. The van der Waals surface area contributed by atoms with Gasteiger partial charge in [0, 0.05) is 42.3 Å². The number of hydrogen-bond acceptors (Lipinski definition) is 4. The van der Waals surface area contributed by atoms with Crippen LogP contribution in [0, 0.1) is 0 Å². The molecule has 1 N–H and O–H groups in total. The number of urea groups is 1. The summed E-state index contributed by atoms with van der Waals surface area (Å²) < 4.78 is 5.33. The van der Waals surface area contributed by atoms with Crippen LogP contribution in [0.25, 0.3) is 10.1 Å². The molecule has 3 amide bonds. The van der Waals surface area contributed by atoms with Crippen LogP contribution < -0.4 is 5.32 Å². The largest absolute Gasteiger partial charge is 0.334 e. The molecule has 8 heteroatoms. The molecule has 4 rings (SSSR count). The van der Waals surface area contributed by atoms with Crippen LogP contribution in [0.4, 0.5) is 10.5 Å². The Kier molecular flexibility index (Phi) is 4.96. The molecule has 1 aliphatic heterocycles. The number of nitrogens with zero attached hydrogens (tertiary/aromatic N) is 3. The molecule has 0 bridgehead atoms. The second-order valence-corrected chi connectivity index (χ2v) is 7.49. The van der Waals surface area contributed by atoms with Crippen LogP contribution in [0.5, 0.6) is 0 Å². The van der Waals surface area contributed by atoms with Crippen molar-refractivity contribution in [2.75, 3.05) is 31.5 Å². The molecular formula is C19H17ClN4O2S. The van der Waals surface area contributed by atoms with E-state index in [1.807, 2.05) is 24.3 Å². The number of halogens is 1. The summed E-state index contributed by atoms with van der Waals surface area (Å²) in [6.45, 7) is 1.90. The van der Waals surface area contributed by atoms with Crippen molar-refractivity contribution in [1.82, 2.24) is 14.2 Å². The average molecular weight is 401 g/mol. The van der Waals surface area contributed by atoms with Gasteiger partial charge < -0.3 is 15.1 Å². The molecule has 1 aliphatic rings. The van der Waals surface area contributed by atoms with Gasteiger partial charge >= 0.3 is 6.03 Å². The number of carbonyl (C=O) groups is 2. The molecule has 2 aromatic carbocycles. The summed E-state index contributed by atoms with van der Waals surface area (Å²) in [4.78, 5) is 28.7. The van der Waals surface area contributed by atoms with Gasteiger partial charge in [-0.2, -0.15) is 4.37 Å². The van der Waals surface area contributed by atoms with Crippen molar-refractivity contribution in [3.63, 3.8) is 0 Å². The number of rotatable bonds is 2. The van der Waals surface area contributed by atoms with Gasteiger partial charge in [0.05, 0.1) is 4.70 Å². The number of nitrogens with one attached hydrogen (secondary N) is 1. The molecule has 1 saturated heterocycles. The second-order valence-electron chi connectivity index (χ2n) is 6.25. The van der Waals surface area contributed by atoms with Gasteiger partial charge in [-0.1, -0.05) is 35.9 Å². The highest BCUT2D eigenvalue weighted by Crippen LogP contribution is 2.24. The lowest BCUT2D eigenvalue weighted by atomic mass is 10.2. The van der Waals surface area contributed by atoms with E-state index in [4.69, 9.17) is 11.6 Å². The summed E-state index contributed by atoms with van der Waals surface area (Å²) in [7, 11) is 0. The zero-order valence-electron chi connectivity index (χ0n) is 14.4. The standard InChI is InChI=1S/C19H17ClN4O2S/c20-13-4-3-5-14(12-13)21-19(26)24-10-8-23(9-11-24)18(25)17-15-6-1-2-7-16(15)27-22-17/h1-7,12H,8-11H2,(H,21,26). The monoisotopic (exact) mass is 400 g/mol. The molecule has 0 saturated carbocycles. The van der Waals surface area contributed by atoms with E-state index in [2.05, 4.69) is 9.69 Å². The van der Waals surface area contributed by atoms with Crippen LogP contribution in [-0.2, 0) is 0 Å². The Morgan fingerprint density at radius 3 is 2.52 bits per heavy atom. The third-order valence-electron chi connectivity index (χ3n) is 4.51. The number of fused-ring (bicyclic) bond motifs is 1. The van der Waals surface area contributed by atoms with Crippen molar-refractivity contribution in [1.29, 1.82) is 0 Å². The minimum absolute atomic E-state index is 0.0812. The van der Waals surface area contributed by atoms with Crippen molar-refractivity contribution in [2.24, 2.45) is 0 Å². The van der Waals surface area contributed by atoms with Crippen LogP contribution in [-0.4, -0.2) is 52.3 Å². The molecule has 0 spiro atoms. The Hall–Kier alpha value is -2.64. The highest BCUT2D eigenvalue weighted by atomic mass is 35.5. The number of benzene rings is 2. The fraction of sp³-hybridized carbons (Fsp3) is 0.211. The number of hydrogen-bond donors (Lipinski definition) is 1. The minimum atomic E-state index is -0.191. The Balaban J connectivity index is 1.38. The van der Waals surface area contributed by atoms with E-state index in [9.17, 15) is 9.59 Å². The molecule has 3 aromatic rings. The highest BCUT2D eigenvalue weighted by molar-refractivity contribution is 7.13. The minimum Gasteiger partial charge on any atom is -0.334 e. The summed E-state index contributed by atoms with van der Waals surface area (Å²) in [5, 5.41) is 4.29. The van der Waals surface area contributed by atoms with Crippen LogP contribution in [0.3, 0.4) is 0 Å². The third-order valence-corrected chi connectivity index (χ3v) is 5.57. The van der Waals surface area contributed by atoms with E-state index >= 15 is 0 Å². The highest BCUT2D eigenvalue weighted by Gasteiger charge is 2.27. The zero-order chi connectivity index (χ0) is 18.8. The van der Waals surface area contributed by atoms with E-state index < -0.39 is 0 Å².